The number of hydrogen-bond donors (Lipinski definition) is 10. The first-order chi connectivity index (χ1) is 16.6. The van der Waals surface area contributed by atoms with Crippen molar-refractivity contribution in [2.45, 2.75) is 91.9 Å². The van der Waals surface area contributed by atoms with Crippen LogP contribution >= 0.6 is 0 Å². The van der Waals surface area contributed by atoms with Crippen LogP contribution in [0.3, 0.4) is 0 Å². The Morgan fingerprint density at radius 1 is 0.657 bits per heavy atom. The number of nitrogens with two attached hydrogens (primary N) is 2. The van der Waals surface area contributed by atoms with Gasteiger partial charge < -0.3 is 76.0 Å². The number of rotatable bonds is 8. The third-order valence-electron chi connectivity index (χ3n) is 6.46. The minimum atomic E-state index is -1.56. The molecule has 12 N–H and O–H groups in total. The second kappa shape index (κ2) is 12.1. The Morgan fingerprint density at radius 2 is 1.17 bits per heavy atom. The Morgan fingerprint density at radius 3 is 1.74 bits per heavy atom. The van der Waals surface area contributed by atoms with Crippen molar-refractivity contribution in [3.8, 4) is 0 Å². The van der Waals surface area contributed by atoms with E-state index in [1.807, 2.05) is 0 Å². The van der Waals surface area contributed by atoms with Crippen molar-refractivity contribution in [3.05, 3.63) is 0 Å². The van der Waals surface area contributed by atoms with Crippen LogP contribution < -0.4 is 11.5 Å². The maximum Gasteiger partial charge on any atom is 0.183 e. The summed E-state index contributed by atoms with van der Waals surface area (Å²) in [6, 6.07) is -3.82. The molecule has 3 rings (SSSR count). The van der Waals surface area contributed by atoms with Gasteiger partial charge in [-0.05, 0) is 6.72 Å². The first kappa shape index (κ1) is 28.6. The average Bonchev–Trinajstić information content (AvgIpc) is 2.85. The highest BCUT2D eigenvalue weighted by molar-refractivity contribution is 5.25. The molecule has 0 aliphatic carbocycles. The molecule has 2 unspecified atom stereocenters. The molecule has 3 aliphatic rings. The molecule has 3 saturated heterocycles. The topological polar surface area (TPSA) is 272 Å². The van der Waals surface area contributed by atoms with Gasteiger partial charge in [0.05, 0.1) is 31.9 Å². The molecule has 15 atom stereocenters. The Hall–Kier alpha value is -0.930. The lowest BCUT2D eigenvalue weighted by Crippen LogP contribution is -2.67. The van der Waals surface area contributed by atoms with Crippen molar-refractivity contribution < 1.29 is 64.5 Å². The standard InChI is InChI=1S/C19H35N3O13/c1-22-10-14(29)16(34-18-9(21)12(27)11(26)5(2-23)32-18)7(4-25)33-19(10)35-15-6(3-24)31-17(30)8(20)13(15)28/h5-19,23-30H,1-4,20-21H2/t5-,6-,7-,8-,9-,10-,11-,12-,13-,14-,15?,16?,17-,18+,19+/m1/s1. The van der Waals surface area contributed by atoms with Gasteiger partial charge in [-0.3, -0.25) is 4.99 Å². The van der Waals surface area contributed by atoms with Crippen molar-refractivity contribution >= 4 is 6.72 Å². The Labute approximate surface area is 200 Å². The van der Waals surface area contributed by atoms with Crippen LogP contribution in [0.4, 0.5) is 0 Å². The highest BCUT2D eigenvalue weighted by Gasteiger charge is 2.53. The highest BCUT2D eigenvalue weighted by Crippen LogP contribution is 2.32. The van der Waals surface area contributed by atoms with Gasteiger partial charge in [0.1, 0.15) is 61.0 Å². The van der Waals surface area contributed by atoms with Gasteiger partial charge in [-0.1, -0.05) is 0 Å². The second-order valence-electron chi connectivity index (χ2n) is 8.69. The molecule has 0 spiro atoms. The van der Waals surface area contributed by atoms with Gasteiger partial charge in [-0.2, -0.15) is 0 Å². The number of aliphatic hydroxyl groups excluding tert-OH is 8. The largest absolute Gasteiger partial charge is 0.394 e. The lowest BCUT2D eigenvalue weighted by Gasteiger charge is -2.48. The summed E-state index contributed by atoms with van der Waals surface area (Å²) in [6.45, 7) is 1.39. The van der Waals surface area contributed by atoms with Crippen molar-refractivity contribution in [3.63, 3.8) is 0 Å². The van der Waals surface area contributed by atoms with Crippen molar-refractivity contribution in [1.29, 1.82) is 0 Å². The number of ether oxygens (including phenoxy) is 5. The molecule has 0 aromatic carbocycles. The summed E-state index contributed by atoms with van der Waals surface area (Å²) in [5.41, 5.74) is 11.6. The van der Waals surface area contributed by atoms with Crippen LogP contribution in [-0.4, -0.2) is 159 Å². The quantitative estimate of drug-likeness (QED) is 0.135. The summed E-state index contributed by atoms with van der Waals surface area (Å²) in [5.74, 6) is 0. The zero-order valence-corrected chi connectivity index (χ0v) is 18.7. The predicted octanol–water partition coefficient (Wildman–Crippen LogP) is -6.93. The second-order valence-corrected chi connectivity index (χ2v) is 8.69. The summed E-state index contributed by atoms with van der Waals surface area (Å²) in [4.78, 5) is 3.80. The predicted molar refractivity (Wildman–Crippen MR) is 113 cm³/mol. The van der Waals surface area contributed by atoms with E-state index >= 15 is 0 Å². The van der Waals surface area contributed by atoms with Crippen LogP contribution in [0.1, 0.15) is 0 Å². The van der Waals surface area contributed by atoms with Crippen LogP contribution in [0, 0.1) is 0 Å². The monoisotopic (exact) mass is 513 g/mol. The van der Waals surface area contributed by atoms with E-state index in [1.165, 1.54) is 0 Å². The van der Waals surface area contributed by atoms with Crippen LogP contribution in [0.15, 0.2) is 4.99 Å². The van der Waals surface area contributed by atoms with Gasteiger partial charge in [0.15, 0.2) is 18.9 Å². The van der Waals surface area contributed by atoms with Crippen LogP contribution in [-0.2, 0) is 23.7 Å². The summed E-state index contributed by atoms with van der Waals surface area (Å²) >= 11 is 0. The van der Waals surface area contributed by atoms with E-state index in [2.05, 4.69) is 11.7 Å². The molecule has 0 amide bonds. The molecule has 0 saturated carbocycles. The zero-order chi connectivity index (χ0) is 26.0. The molecule has 3 aliphatic heterocycles. The van der Waals surface area contributed by atoms with Gasteiger partial charge in [0, 0.05) is 0 Å². The first-order valence-electron chi connectivity index (χ1n) is 11.1. The van der Waals surface area contributed by atoms with E-state index in [1.54, 1.807) is 0 Å². The Balaban J connectivity index is 1.77. The van der Waals surface area contributed by atoms with E-state index in [0.717, 1.165) is 0 Å². The van der Waals surface area contributed by atoms with Crippen LogP contribution in [0.2, 0.25) is 0 Å². The lowest BCUT2D eigenvalue weighted by molar-refractivity contribution is -0.347. The molecular formula is C19H35N3O13. The molecule has 16 nitrogen and oxygen atoms in total. The number of nitrogens with zero attached hydrogens (tertiary/aromatic N) is 1. The van der Waals surface area contributed by atoms with Gasteiger partial charge in [-0.25, -0.2) is 0 Å². The fourth-order valence-corrected chi connectivity index (χ4v) is 4.33. The Kier molecular flexibility index (Phi) is 9.88. The maximum absolute atomic E-state index is 11.0. The molecular weight excluding hydrogens is 478 g/mol. The lowest BCUT2D eigenvalue weighted by atomic mass is 9.94. The number of hydrogen-bond acceptors (Lipinski definition) is 16. The molecule has 0 aromatic heterocycles. The molecule has 3 fully saturated rings. The summed E-state index contributed by atoms with van der Waals surface area (Å²) < 4.78 is 27.7. The van der Waals surface area contributed by atoms with E-state index in [4.69, 9.17) is 35.2 Å². The molecule has 35 heavy (non-hydrogen) atoms. The van der Waals surface area contributed by atoms with E-state index < -0.39 is 112 Å². The first-order valence-corrected chi connectivity index (χ1v) is 11.1. The smallest absolute Gasteiger partial charge is 0.183 e. The van der Waals surface area contributed by atoms with E-state index in [-0.39, 0.29) is 0 Å². The van der Waals surface area contributed by atoms with Gasteiger partial charge >= 0.3 is 0 Å². The third-order valence-corrected chi connectivity index (χ3v) is 6.46. The molecule has 0 radical (unpaired) electrons. The number of aliphatic hydroxyl groups is 8. The van der Waals surface area contributed by atoms with Gasteiger partial charge in [0.2, 0.25) is 0 Å². The fourth-order valence-electron chi connectivity index (χ4n) is 4.33. The van der Waals surface area contributed by atoms with Crippen molar-refractivity contribution in [1.82, 2.24) is 0 Å². The minimum Gasteiger partial charge on any atom is -0.394 e. The SMILES string of the molecule is C=N[C@H]1[C@H](OC2[C@@H](CO)O[C@@H](O)[C@H](N)[C@H]2O)O[C@H](CO)C(O[C@@H]2O[C@H](CO)[C@@H](O)[C@H](O)[C@H]2N)[C@@H]1O. The van der Waals surface area contributed by atoms with Crippen LogP contribution in [0.25, 0.3) is 0 Å². The van der Waals surface area contributed by atoms with Gasteiger partial charge in [0.25, 0.3) is 0 Å². The number of aliphatic imine (C=N–C) groups is 1. The molecule has 16 heteroatoms. The van der Waals surface area contributed by atoms with Crippen LogP contribution in [0.5, 0.6) is 0 Å². The fraction of sp³-hybridized carbons (Fsp3) is 0.947. The highest BCUT2D eigenvalue weighted by atomic mass is 16.7. The Bertz CT molecular complexity index is 690. The maximum atomic E-state index is 11.0. The summed E-state index contributed by atoms with van der Waals surface area (Å²) in [7, 11) is 0. The average molecular weight is 513 g/mol. The zero-order valence-electron chi connectivity index (χ0n) is 18.7. The van der Waals surface area contributed by atoms with E-state index in [9.17, 15) is 40.9 Å². The summed E-state index contributed by atoms with van der Waals surface area (Å²) in [6.07, 6.45) is -16.8. The van der Waals surface area contributed by atoms with Crippen molar-refractivity contribution in [2.75, 3.05) is 19.8 Å². The minimum absolute atomic E-state index is 0.653. The van der Waals surface area contributed by atoms with Gasteiger partial charge in [-0.15, -0.1) is 0 Å². The molecule has 0 aromatic rings. The van der Waals surface area contributed by atoms with E-state index in [0.29, 0.717) is 0 Å². The molecule has 0 bridgehead atoms. The normalized spacial score (nSPS) is 51.2. The molecule has 3 heterocycles. The van der Waals surface area contributed by atoms with Crippen molar-refractivity contribution in [2.24, 2.45) is 16.5 Å². The molecule has 204 valence electrons. The summed E-state index contributed by atoms with van der Waals surface area (Å²) in [5, 5.41) is 80.2. The third kappa shape index (κ3) is 5.66.